The fourth-order valence-electron chi connectivity index (χ4n) is 3.84. The molecule has 1 fully saturated rings. The second-order valence-electron chi connectivity index (χ2n) is 6.85. The zero-order chi connectivity index (χ0) is 20.1. The Kier molecular flexibility index (Phi) is 4.72. The summed E-state index contributed by atoms with van der Waals surface area (Å²) < 4.78 is 7.65. The van der Waals surface area contributed by atoms with E-state index >= 15 is 0 Å². The summed E-state index contributed by atoms with van der Waals surface area (Å²) in [5, 5.41) is 31.8. The molecule has 5 atom stereocenters. The van der Waals surface area contributed by atoms with Gasteiger partial charge in [0.2, 0.25) is 0 Å². The summed E-state index contributed by atoms with van der Waals surface area (Å²) >= 11 is 6.00. The van der Waals surface area contributed by atoms with Gasteiger partial charge in [-0.25, -0.2) is 15.0 Å². The second kappa shape index (κ2) is 6.94. The van der Waals surface area contributed by atoms with Crippen molar-refractivity contribution in [2.75, 3.05) is 12.3 Å². The van der Waals surface area contributed by atoms with Gasteiger partial charge in [0.25, 0.3) is 0 Å². The van der Waals surface area contributed by atoms with Gasteiger partial charge in [0.1, 0.15) is 30.2 Å². The topological polar surface area (TPSA) is 140 Å². The van der Waals surface area contributed by atoms with Crippen LogP contribution in [0.5, 0.6) is 0 Å². The van der Waals surface area contributed by atoms with Gasteiger partial charge in [-0.3, -0.25) is 4.57 Å². The minimum absolute atomic E-state index is 0.185. The van der Waals surface area contributed by atoms with E-state index in [0.29, 0.717) is 16.2 Å². The first kappa shape index (κ1) is 19.0. The third-order valence-electron chi connectivity index (χ3n) is 5.38. The summed E-state index contributed by atoms with van der Waals surface area (Å²) in [6.07, 6.45) is -0.933. The Morgan fingerprint density at radius 3 is 2.61 bits per heavy atom. The number of rotatable bonds is 4. The van der Waals surface area contributed by atoms with Crippen molar-refractivity contribution in [1.82, 2.24) is 19.5 Å². The van der Waals surface area contributed by atoms with Gasteiger partial charge >= 0.3 is 0 Å². The fourth-order valence-corrected chi connectivity index (χ4v) is 3.97. The number of halogens is 1. The molecule has 3 heterocycles. The van der Waals surface area contributed by atoms with E-state index < -0.39 is 36.6 Å². The molecule has 10 heteroatoms. The van der Waals surface area contributed by atoms with E-state index in [4.69, 9.17) is 22.1 Å². The summed E-state index contributed by atoms with van der Waals surface area (Å²) in [5.74, 6) is -0.288. The summed E-state index contributed by atoms with van der Waals surface area (Å²) in [7, 11) is 0. The van der Waals surface area contributed by atoms with Crippen LogP contribution in [0.4, 0.5) is 5.82 Å². The smallest absolute Gasteiger partial charge is 0.183 e. The highest BCUT2D eigenvalue weighted by Crippen LogP contribution is 2.47. The van der Waals surface area contributed by atoms with E-state index in [9.17, 15) is 15.3 Å². The van der Waals surface area contributed by atoms with E-state index in [1.807, 2.05) is 19.1 Å². The lowest BCUT2D eigenvalue weighted by Crippen LogP contribution is -2.49. The SMILES string of the molecule is C[C@H](c1ccc(Cl)cc1)[C@@]1(n2cnc3c(N)ncnc32)O[C@H](CO)[C@@H](O)[C@H]1O. The maximum absolute atomic E-state index is 11.1. The summed E-state index contributed by atoms with van der Waals surface area (Å²) in [4.78, 5) is 12.4. The highest BCUT2D eigenvalue weighted by atomic mass is 35.5. The lowest BCUT2D eigenvalue weighted by Gasteiger charge is -2.39. The number of nitrogens with two attached hydrogens (primary N) is 1. The molecule has 4 rings (SSSR count). The molecule has 9 nitrogen and oxygen atoms in total. The van der Waals surface area contributed by atoms with E-state index in [2.05, 4.69) is 15.0 Å². The third kappa shape index (κ3) is 2.66. The predicted molar refractivity (Wildman–Crippen MR) is 102 cm³/mol. The van der Waals surface area contributed by atoms with Crippen molar-refractivity contribution in [3.8, 4) is 0 Å². The molecule has 148 valence electrons. The van der Waals surface area contributed by atoms with Crippen molar-refractivity contribution in [3.63, 3.8) is 0 Å². The van der Waals surface area contributed by atoms with Crippen LogP contribution in [-0.2, 0) is 10.5 Å². The number of fused-ring (bicyclic) bond motifs is 1. The van der Waals surface area contributed by atoms with Crippen LogP contribution >= 0.6 is 11.6 Å². The Morgan fingerprint density at radius 1 is 1.25 bits per heavy atom. The van der Waals surface area contributed by atoms with Crippen molar-refractivity contribution in [1.29, 1.82) is 0 Å². The molecule has 0 aliphatic carbocycles. The van der Waals surface area contributed by atoms with Gasteiger partial charge in [-0.05, 0) is 17.7 Å². The number of ether oxygens (including phenoxy) is 1. The molecule has 1 saturated heterocycles. The van der Waals surface area contributed by atoms with Crippen LogP contribution in [0.2, 0.25) is 5.02 Å². The van der Waals surface area contributed by atoms with Crippen molar-refractivity contribution in [2.45, 2.75) is 36.9 Å². The quantitative estimate of drug-likeness (QED) is 0.495. The number of nitrogens with zero attached hydrogens (tertiary/aromatic N) is 4. The summed E-state index contributed by atoms with van der Waals surface area (Å²) in [6.45, 7) is 1.38. The molecule has 2 aromatic heterocycles. The number of anilines is 1. The van der Waals surface area contributed by atoms with E-state index in [1.165, 1.54) is 12.7 Å². The Morgan fingerprint density at radius 2 is 1.96 bits per heavy atom. The van der Waals surface area contributed by atoms with Gasteiger partial charge < -0.3 is 25.8 Å². The first-order valence-corrected chi connectivity index (χ1v) is 9.12. The maximum Gasteiger partial charge on any atom is 0.183 e. The molecular weight excluding hydrogens is 386 g/mol. The average Bonchev–Trinajstić information content (AvgIpc) is 3.24. The van der Waals surface area contributed by atoms with Gasteiger partial charge in [-0.15, -0.1) is 0 Å². The Bertz CT molecular complexity index is 997. The molecule has 0 unspecified atom stereocenters. The Hall–Kier alpha value is -2.30. The highest BCUT2D eigenvalue weighted by Gasteiger charge is 2.59. The van der Waals surface area contributed by atoms with Crippen molar-refractivity contribution < 1.29 is 20.1 Å². The van der Waals surface area contributed by atoms with Crippen LogP contribution in [0.15, 0.2) is 36.9 Å². The normalized spacial score (nSPS) is 28.7. The van der Waals surface area contributed by atoms with Gasteiger partial charge in [-0.2, -0.15) is 0 Å². The largest absolute Gasteiger partial charge is 0.394 e. The van der Waals surface area contributed by atoms with Crippen molar-refractivity contribution >= 4 is 28.6 Å². The van der Waals surface area contributed by atoms with E-state index in [1.54, 1.807) is 16.7 Å². The molecule has 0 bridgehead atoms. The van der Waals surface area contributed by atoms with Crippen LogP contribution in [0, 0.1) is 0 Å². The number of aliphatic hydroxyl groups is 3. The number of aromatic nitrogens is 4. The monoisotopic (exact) mass is 405 g/mol. The number of hydrogen-bond acceptors (Lipinski definition) is 8. The molecule has 5 N–H and O–H groups in total. The average molecular weight is 406 g/mol. The Balaban J connectivity index is 1.94. The minimum Gasteiger partial charge on any atom is -0.394 e. The van der Waals surface area contributed by atoms with Crippen LogP contribution in [-0.4, -0.2) is 59.8 Å². The summed E-state index contributed by atoms with van der Waals surface area (Å²) in [5.41, 5.74) is 5.91. The molecule has 3 aromatic rings. The fraction of sp³-hybridized carbons (Fsp3) is 0.389. The van der Waals surface area contributed by atoms with Gasteiger partial charge in [0.05, 0.1) is 12.9 Å². The molecule has 0 radical (unpaired) electrons. The lowest BCUT2D eigenvalue weighted by molar-refractivity contribution is -0.159. The first-order chi connectivity index (χ1) is 13.4. The number of benzene rings is 1. The number of hydrogen-bond donors (Lipinski definition) is 4. The zero-order valence-electron chi connectivity index (χ0n) is 15.0. The molecule has 28 heavy (non-hydrogen) atoms. The van der Waals surface area contributed by atoms with Crippen LogP contribution < -0.4 is 5.73 Å². The number of aliphatic hydroxyl groups excluding tert-OH is 3. The van der Waals surface area contributed by atoms with E-state index in [0.717, 1.165) is 5.56 Å². The highest BCUT2D eigenvalue weighted by molar-refractivity contribution is 6.30. The van der Waals surface area contributed by atoms with Gasteiger partial charge in [-0.1, -0.05) is 30.7 Å². The second-order valence-corrected chi connectivity index (χ2v) is 7.28. The Labute approximate surface area is 165 Å². The molecule has 0 saturated carbocycles. The van der Waals surface area contributed by atoms with Crippen LogP contribution in [0.25, 0.3) is 11.2 Å². The van der Waals surface area contributed by atoms with Crippen LogP contribution in [0.3, 0.4) is 0 Å². The minimum atomic E-state index is -1.49. The molecular formula is C18H20ClN5O4. The third-order valence-corrected chi connectivity index (χ3v) is 5.63. The van der Waals surface area contributed by atoms with Gasteiger partial charge in [0.15, 0.2) is 17.2 Å². The first-order valence-electron chi connectivity index (χ1n) is 8.74. The lowest BCUT2D eigenvalue weighted by atomic mass is 9.85. The summed E-state index contributed by atoms with van der Waals surface area (Å²) in [6, 6.07) is 7.08. The molecule has 1 aliphatic rings. The number of nitrogen functional groups attached to an aromatic ring is 1. The van der Waals surface area contributed by atoms with Crippen molar-refractivity contribution in [2.24, 2.45) is 0 Å². The molecule has 0 spiro atoms. The molecule has 1 aliphatic heterocycles. The van der Waals surface area contributed by atoms with Crippen molar-refractivity contribution in [3.05, 3.63) is 47.5 Å². The van der Waals surface area contributed by atoms with Crippen LogP contribution in [0.1, 0.15) is 18.4 Å². The molecule has 0 amide bonds. The zero-order valence-corrected chi connectivity index (χ0v) is 15.7. The standard InChI is InChI=1S/C18H20ClN5O4/c1-9(10-2-4-11(19)5-3-10)18(15(27)14(26)12(6-25)28-18)24-8-23-13-16(20)21-7-22-17(13)24/h2-5,7-9,12,14-15,25-27H,6H2,1H3,(H2,20,21,22)/t9-,12-,14-,15-,18-/m1/s1. The maximum atomic E-state index is 11.1. The van der Waals surface area contributed by atoms with Gasteiger partial charge in [0, 0.05) is 10.9 Å². The number of imidazole rings is 1. The predicted octanol–water partition coefficient (Wildman–Crippen LogP) is 0.631. The molecule has 1 aromatic carbocycles. The van der Waals surface area contributed by atoms with E-state index in [-0.39, 0.29) is 5.82 Å².